The molecule has 5 rings (SSSR count). The Morgan fingerprint density at radius 2 is 1.69 bits per heavy atom. The summed E-state index contributed by atoms with van der Waals surface area (Å²) in [6.45, 7) is 2.66. The van der Waals surface area contributed by atoms with Crippen molar-refractivity contribution in [2.24, 2.45) is 0 Å². The van der Waals surface area contributed by atoms with Gasteiger partial charge in [-0.15, -0.1) is 0 Å². The van der Waals surface area contributed by atoms with Crippen LogP contribution in [0.5, 0.6) is 5.75 Å². The van der Waals surface area contributed by atoms with E-state index in [1.165, 1.54) is 6.33 Å². The summed E-state index contributed by atoms with van der Waals surface area (Å²) in [7, 11) is 1.60. The number of nitrogens with one attached hydrogen (secondary N) is 2. The van der Waals surface area contributed by atoms with Gasteiger partial charge in [-0.05, 0) is 43.0 Å². The van der Waals surface area contributed by atoms with Crippen molar-refractivity contribution < 1.29 is 19.1 Å². The Balaban J connectivity index is 1.34. The van der Waals surface area contributed by atoms with Gasteiger partial charge in [0, 0.05) is 19.1 Å². The van der Waals surface area contributed by atoms with Gasteiger partial charge in [-0.25, -0.2) is 4.98 Å². The zero-order chi connectivity index (χ0) is 25.3. The Morgan fingerprint density at radius 1 is 1.03 bits per heavy atom. The maximum absolute atomic E-state index is 13.7. The predicted octanol–water partition coefficient (Wildman–Crippen LogP) is 2.51. The summed E-state index contributed by atoms with van der Waals surface area (Å²) in [5.41, 5.74) is 1.09. The number of aromatic nitrogens is 2. The molecule has 3 amide bonds. The first kappa shape index (κ1) is 23.6. The van der Waals surface area contributed by atoms with Crippen LogP contribution < -0.4 is 15.4 Å². The molecule has 2 aromatic carbocycles. The number of hydrogen-bond acceptors (Lipinski definition) is 5. The first-order chi connectivity index (χ1) is 17.4. The minimum atomic E-state index is -1.10. The molecule has 9 heteroatoms. The molecule has 2 aliphatic rings. The number of methoxy groups -OCH3 is 1. The van der Waals surface area contributed by atoms with E-state index in [1.807, 2.05) is 54.6 Å². The average Bonchev–Trinajstić information content (AvgIpc) is 3.64. The maximum atomic E-state index is 13.7. The molecule has 1 saturated carbocycles. The number of carbonyl (C=O) groups excluding carboxylic acids is 3. The van der Waals surface area contributed by atoms with E-state index >= 15 is 0 Å². The Kier molecular flexibility index (Phi) is 6.22. The molecule has 36 heavy (non-hydrogen) atoms. The maximum Gasteiger partial charge on any atom is 0.274 e. The molecule has 3 aromatic rings. The summed E-state index contributed by atoms with van der Waals surface area (Å²) in [6.07, 6.45) is 3.14. The lowest BCUT2D eigenvalue weighted by Crippen LogP contribution is -2.64. The highest BCUT2D eigenvalue weighted by Gasteiger charge is 2.53. The predicted molar refractivity (Wildman–Crippen MR) is 132 cm³/mol. The lowest BCUT2D eigenvalue weighted by Gasteiger charge is -2.44. The highest BCUT2D eigenvalue weighted by molar-refractivity contribution is 6.07. The number of benzene rings is 2. The van der Waals surface area contributed by atoms with Crippen LogP contribution in [-0.4, -0.2) is 50.9 Å². The van der Waals surface area contributed by atoms with E-state index < -0.39 is 11.4 Å². The van der Waals surface area contributed by atoms with Crippen molar-refractivity contribution in [2.75, 3.05) is 7.11 Å². The van der Waals surface area contributed by atoms with Gasteiger partial charge in [0.15, 0.2) is 5.69 Å². The molecule has 1 aliphatic carbocycles. The lowest BCUT2D eigenvalue weighted by molar-refractivity contribution is -0.133. The quantitative estimate of drug-likeness (QED) is 0.508. The van der Waals surface area contributed by atoms with E-state index in [4.69, 9.17) is 4.74 Å². The summed E-state index contributed by atoms with van der Waals surface area (Å²) in [4.78, 5) is 46.1. The molecule has 2 heterocycles. The van der Waals surface area contributed by atoms with Crippen molar-refractivity contribution in [3.05, 3.63) is 83.4 Å². The van der Waals surface area contributed by atoms with Crippen LogP contribution in [0, 0.1) is 0 Å². The van der Waals surface area contributed by atoms with Gasteiger partial charge in [0.2, 0.25) is 5.91 Å². The Hall–Kier alpha value is -4.14. The van der Waals surface area contributed by atoms with E-state index in [0.717, 1.165) is 29.7 Å². The minimum Gasteiger partial charge on any atom is -0.497 e. The summed E-state index contributed by atoms with van der Waals surface area (Å²) < 4.78 is 6.82. The Morgan fingerprint density at radius 3 is 2.36 bits per heavy atom. The SMILES string of the molecule is COc1ccc(CNC(=O)[C@]2(C)Cn3cnc(C(=O)NCc4ccccc4)c3C(=O)N2C2CC2)cc1. The van der Waals surface area contributed by atoms with E-state index in [-0.39, 0.29) is 35.8 Å². The smallest absolute Gasteiger partial charge is 0.274 e. The molecule has 1 aliphatic heterocycles. The molecule has 1 aromatic heterocycles. The normalized spacial score (nSPS) is 18.9. The van der Waals surface area contributed by atoms with Crippen LogP contribution in [0.4, 0.5) is 0 Å². The first-order valence-electron chi connectivity index (χ1n) is 12.0. The van der Waals surface area contributed by atoms with Crippen LogP contribution in [0.25, 0.3) is 0 Å². The summed E-state index contributed by atoms with van der Waals surface area (Å²) in [5, 5.41) is 5.84. The molecule has 0 bridgehead atoms. The van der Waals surface area contributed by atoms with Crippen LogP contribution in [0.1, 0.15) is 51.9 Å². The van der Waals surface area contributed by atoms with Crippen LogP contribution in [-0.2, 0) is 24.4 Å². The van der Waals surface area contributed by atoms with Gasteiger partial charge in [0.05, 0.1) is 20.0 Å². The number of hydrogen-bond donors (Lipinski definition) is 2. The molecule has 0 spiro atoms. The molecule has 186 valence electrons. The average molecular weight is 488 g/mol. The molecule has 0 radical (unpaired) electrons. The van der Waals surface area contributed by atoms with Gasteiger partial charge in [0.1, 0.15) is 17.0 Å². The third kappa shape index (κ3) is 4.44. The van der Waals surface area contributed by atoms with Crippen LogP contribution >= 0.6 is 0 Å². The van der Waals surface area contributed by atoms with E-state index in [2.05, 4.69) is 15.6 Å². The number of ether oxygens (including phenoxy) is 1. The van der Waals surface area contributed by atoms with Crippen LogP contribution in [0.3, 0.4) is 0 Å². The fourth-order valence-electron chi connectivity index (χ4n) is 4.70. The van der Waals surface area contributed by atoms with Gasteiger partial charge in [-0.2, -0.15) is 0 Å². The summed E-state index contributed by atoms with van der Waals surface area (Å²) >= 11 is 0. The second-order valence-corrected chi connectivity index (χ2v) is 9.45. The highest BCUT2D eigenvalue weighted by atomic mass is 16.5. The molecule has 2 N–H and O–H groups in total. The molecule has 1 atom stereocenters. The molecule has 1 fully saturated rings. The first-order valence-corrected chi connectivity index (χ1v) is 12.0. The molecule has 0 unspecified atom stereocenters. The molecule has 0 saturated heterocycles. The number of carbonyl (C=O) groups is 3. The van der Waals surface area contributed by atoms with Gasteiger partial charge in [-0.3, -0.25) is 14.4 Å². The van der Waals surface area contributed by atoms with Gasteiger partial charge in [-0.1, -0.05) is 42.5 Å². The van der Waals surface area contributed by atoms with Crippen molar-refractivity contribution in [1.82, 2.24) is 25.1 Å². The van der Waals surface area contributed by atoms with Crippen molar-refractivity contribution in [2.45, 2.75) is 51.0 Å². The van der Waals surface area contributed by atoms with Crippen LogP contribution in [0.15, 0.2) is 60.9 Å². The standard InChI is InChI=1S/C27H29N5O4/c1-27(26(35)29-15-19-8-12-21(36-2)13-9-19)16-31-17-30-22(23(31)25(34)32(27)20-10-11-20)24(33)28-14-18-6-4-3-5-7-18/h3-9,12-13,17,20H,10-11,14-16H2,1-2H3,(H,28,33)(H,29,35)/t27-/m0/s1. The van der Waals surface area contributed by atoms with Crippen LogP contribution in [0.2, 0.25) is 0 Å². The largest absolute Gasteiger partial charge is 0.497 e. The third-order valence-electron chi connectivity index (χ3n) is 6.79. The molecular formula is C27H29N5O4. The topological polar surface area (TPSA) is 106 Å². The zero-order valence-electron chi connectivity index (χ0n) is 20.4. The number of amides is 3. The Labute approximate surface area is 209 Å². The van der Waals surface area contributed by atoms with Gasteiger partial charge < -0.3 is 24.8 Å². The summed E-state index contributed by atoms with van der Waals surface area (Å²) in [5.74, 6) is -0.253. The molecule has 9 nitrogen and oxygen atoms in total. The Bertz CT molecular complexity index is 1280. The number of fused-ring (bicyclic) bond motifs is 1. The monoisotopic (exact) mass is 487 g/mol. The van der Waals surface area contributed by atoms with E-state index in [9.17, 15) is 14.4 Å². The fourth-order valence-corrected chi connectivity index (χ4v) is 4.70. The second-order valence-electron chi connectivity index (χ2n) is 9.45. The highest BCUT2D eigenvalue weighted by Crippen LogP contribution is 2.38. The minimum absolute atomic E-state index is 0.0295. The third-order valence-corrected chi connectivity index (χ3v) is 6.79. The van der Waals surface area contributed by atoms with Gasteiger partial charge >= 0.3 is 0 Å². The van der Waals surface area contributed by atoms with E-state index in [0.29, 0.717) is 13.1 Å². The molecular weight excluding hydrogens is 458 g/mol. The fraction of sp³-hybridized carbons (Fsp3) is 0.333. The van der Waals surface area contributed by atoms with Crippen molar-refractivity contribution >= 4 is 17.7 Å². The van der Waals surface area contributed by atoms with Gasteiger partial charge in [0.25, 0.3) is 11.8 Å². The van der Waals surface area contributed by atoms with E-state index in [1.54, 1.807) is 23.5 Å². The van der Waals surface area contributed by atoms with Crippen molar-refractivity contribution in [3.8, 4) is 5.75 Å². The summed E-state index contributed by atoms with van der Waals surface area (Å²) in [6, 6.07) is 17.0. The lowest BCUT2D eigenvalue weighted by atomic mass is 9.93. The van der Waals surface area contributed by atoms with Crippen molar-refractivity contribution in [1.29, 1.82) is 0 Å². The zero-order valence-corrected chi connectivity index (χ0v) is 20.4. The number of nitrogens with zero attached hydrogens (tertiary/aromatic N) is 3. The van der Waals surface area contributed by atoms with Crippen molar-refractivity contribution in [3.63, 3.8) is 0 Å². The number of rotatable bonds is 8. The number of imidazole rings is 1. The second kappa shape index (κ2) is 9.49.